The van der Waals surface area contributed by atoms with Gasteiger partial charge in [0.15, 0.2) is 0 Å². The molecular formula is C14H12BrN3O4. The van der Waals surface area contributed by atoms with E-state index in [1.165, 1.54) is 28.8 Å². The number of aromatic nitrogens is 1. The molecule has 114 valence electrons. The molecule has 7 nitrogen and oxygen atoms in total. The normalized spacial score (nSPS) is 10.3. The lowest BCUT2D eigenvalue weighted by molar-refractivity contribution is -0.384. The number of hydrogen-bond donors (Lipinski definition) is 1. The van der Waals surface area contributed by atoms with Gasteiger partial charge in [0.05, 0.1) is 9.40 Å². The molecule has 1 amide bonds. The SMILES string of the molecule is Cc1cc(Br)c(=O)n(CC(=O)Nc2ccc([N+](=O)[O-])cc2)c1. The first kappa shape index (κ1) is 15.9. The largest absolute Gasteiger partial charge is 0.325 e. The fourth-order valence-electron chi connectivity index (χ4n) is 1.88. The van der Waals surface area contributed by atoms with E-state index >= 15 is 0 Å². The number of rotatable bonds is 4. The molecule has 0 saturated carbocycles. The Labute approximate surface area is 133 Å². The Kier molecular flexibility index (Phi) is 4.71. The van der Waals surface area contributed by atoms with E-state index in [9.17, 15) is 19.7 Å². The van der Waals surface area contributed by atoms with Crippen LogP contribution in [0, 0.1) is 17.0 Å². The number of nitro groups is 1. The van der Waals surface area contributed by atoms with Crippen molar-refractivity contribution < 1.29 is 9.72 Å². The van der Waals surface area contributed by atoms with Crippen LogP contribution in [0.1, 0.15) is 5.56 Å². The lowest BCUT2D eigenvalue weighted by Gasteiger charge is -2.08. The summed E-state index contributed by atoms with van der Waals surface area (Å²) in [4.78, 5) is 33.9. The summed E-state index contributed by atoms with van der Waals surface area (Å²) in [6.07, 6.45) is 1.59. The quantitative estimate of drug-likeness (QED) is 0.664. The standard InChI is InChI=1S/C14H12BrN3O4/c1-9-6-12(15)14(20)17(7-9)8-13(19)16-10-2-4-11(5-3-10)18(21)22/h2-7H,8H2,1H3,(H,16,19). The summed E-state index contributed by atoms with van der Waals surface area (Å²) in [6, 6.07) is 7.14. The molecule has 0 radical (unpaired) electrons. The summed E-state index contributed by atoms with van der Waals surface area (Å²) < 4.78 is 1.68. The van der Waals surface area contributed by atoms with Crippen molar-refractivity contribution >= 4 is 33.2 Å². The molecule has 8 heteroatoms. The second-order valence-corrected chi connectivity index (χ2v) is 5.50. The number of nitro benzene ring substituents is 1. The van der Waals surface area contributed by atoms with Crippen molar-refractivity contribution in [1.29, 1.82) is 0 Å². The van der Waals surface area contributed by atoms with Gasteiger partial charge < -0.3 is 9.88 Å². The number of aryl methyl sites for hydroxylation is 1. The van der Waals surface area contributed by atoms with E-state index in [-0.39, 0.29) is 17.8 Å². The van der Waals surface area contributed by atoms with E-state index in [0.29, 0.717) is 10.2 Å². The number of benzene rings is 1. The number of nitrogens with zero attached hydrogens (tertiary/aromatic N) is 2. The summed E-state index contributed by atoms with van der Waals surface area (Å²) in [5.41, 5.74) is 0.909. The van der Waals surface area contributed by atoms with Gasteiger partial charge in [-0.1, -0.05) is 0 Å². The summed E-state index contributed by atoms with van der Waals surface area (Å²) in [7, 11) is 0. The maximum atomic E-state index is 12.0. The highest BCUT2D eigenvalue weighted by Crippen LogP contribution is 2.15. The van der Waals surface area contributed by atoms with Crippen LogP contribution in [0.4, 0.5) is 11.4 Å². The fraction of sp³-hybridized carbons (Fsp3) is 0.143. The van der Waals surface area contributed by atoms with E-state index in [0.717, 1.165) is 5.56 Å². The molecule has 0 saturated heterocycles. The molecule has 0 spiro atoms. The molecule has 0 aliphatic carbocycles. The Bertz CT molecular complexity index is 784. The summed E-state index contributed by atoms with van der Waals surface area (Å²) in [5.74, 6) is -0.395. The molecule has 2 rings (SSSR count). The number of halogens is 1. The topological polar surface area (TPSA) is 94.2 Å². The van der Waals surface area contributed by atoms with Crippen LogP contribution in [0.25, 0.3) is 0 Å². The number of nitrogens with one attached hydrogen (secondary N) is 1. The van der Waals surface area contributed by atoms with E-state index in [4.69, 9.17) is 0 Å². The van der Waals surface area contributed by atoms with Crippen molar-refractivity contribution in [1.82, 2.24) is 4.57 Å². The van der Waals surface area contributed by atoms with E-state index in [1.807, 2.05) is 6.92 Å². The second-order valence-electron chi connectivity index (χ2n) is 4.65. The maximum Gasteiger partial charge on any atom is 0.269 e. The van der Waals surface area contributed by atoms with Crippen molar-refractivity contribution in [2.45, 2.75) is 13.5 Å². The lowest BCUT2D eigenvalue weighted by Crippen LogP contribution is -2.27. The third-order valence-corrected chi connectivity index (χ3v) is 3.42. The minimum Gasteiger partial charge on any atom is -0.325 e. The molecule has 2 aromatic rings. The Morgan fingerprint density at radius 3 is 2.59 bits per heavy atom. The number of pyridine rings is 1. The second kappa shape index (κ2) is 6.52. The average Bonchev–Trinajstić information content (AvgIpc) is 2.44. The van der Waals surface area contributed by atoms with Crippen molar-refractivity contribution in [3.8, 4) is 0 Å². The van der Waals surface area contributed by atoms with Gasteiger partial charge in [0.1, 0.15) is 6.54 Å². The molecular weight excluding hydrogens is 354 g/mol. The van der Waals surface area contributed by atoms with Crippen LogP contribution in [-0.2, 0) is 11.3 Å². The molecule has 1 aromatic heterocycles. The van der Waals surface area contributed by atoms with Gasteiger partial charge in [-0.15, -0.1) is 0 Å². The molecule has 0 bridgehead atoms. The number of amides is 1. The molecule has 1 aromatic carbocycles. The molecule has 0 fully saturated rings. The van der Waals surface area contributed by atoms with Crippen LogP contribution in [0.3, 0.4) is 0 Å². The van der Waals surface area contributed by atoms with E-state index in [1.54, 1.807) is 12.3 Å². The van der Waals surface area contributed by atoms with Crippen molar-refractivity contribution in [2.75, 3.05) is 5.32 Å². The highest BCUT2D eigenvalue weighted by Gasteiger charge is 2.09. The van der Waals surface area contributed by atoms with E-state index in [2.05, 4.69) is 21.2 Å². The summed E-state index contributed by atoms with van der Waals surface area (Å²) >= 11 is 3.15. The van der Waals surface area contributed by atoms with Crippen molar-refractivity contribution in [3.05, 3.63) is 67.0 Å². The maximum absolute atomic E-state index is 12.0. The van der Waals surface area contributed by atoms with Crippen molar-refractivity contribution in [3.63, 3.8) is 0 Å². The monoisotopic (exact) mass is 365 g/mol. The zero-order chi connectivity index (χ0) is 16.3. The zero-order valence-corrected chi connectivity index (χ0v) is 13.2. The Morgan fingerprint density at radius 1 is 1.36 bits per heavy atom. The number of hydrogen-bond acceptors (Lipinski definition) is 4. The zero-order valence-electron chi connectivity index (χ0n) is 11.6. The van der Waals surface area contributed by atoms with Gasteiger partial charge in [0.2, 0.25) is 5.91 Å². The average molecular weight is 366 g/mol. The lowest BCUT2D eigenvalue weighted by atomic mass is 10.3. The predicted molar refractivity (Wildman–Crippen MR) is 84.9 cm³/mol. The van der Waals surface area contributed by atoms with Crippen LogP contribution in [0.2, 0.25) is 0 Å². The van der Waals surface area contributed by atoms with Crippen LogP contribution in [-0.4, -0.2) is 15.4 Å². The molecule has 0 atom stereocenters. The highest BCUT2D eigenvalue weighted by atomic mass is 79.9. The molecule has 22 heavy (non-hydrogen) atoms. The Morgan fingerprint density at radius 2 is 2.00 bits per heavy atom. The Balaban J connectivity index is 2.10. The van der Waals surface area contributed by atoms with Crippen molar-refractivity contribution in [2.24, 2.45) is 0 Å². The van der Waals surface area contributed by atoms with Crippen LogP contribution in [0.15, 0.2) is 45.8 Å². The fourth-order valence-corrected chi connectivity index (χ4v) is 2.47. The number of anilines is 1. The predicted octanol–water partition coefficient (Wildman–Crippen LogP) is 2.47. The van der Waals surface area contributed by atoms with Gasteiger partial charge in [-0.3, -0.25) is 19.7 Å². The van der Waals surface area contributed by atoms with Gasteiger partial charge in [-0.25, -0.2) is 0 Å². The summed E-state index contributed by atoms with van der Waals surface area (Å²) in [6.45, 7) is 1.67. The van der Waals surface area contributed by atoms with Gasteiger partial charge in [-0.05, 0) is 46.6 Å². The molecule has 0 aliphatic rings. The number of carbonyl (C=O) groups excluding carboxylic acids is 1. The van der Waals surface area contributed by atoms with Gasteiger partial charge >= 0.3 is 0 Å². The van der Waals surface area contributed by atoms with Crippen LogP contribution < -0.4 is 10.9 Å². The number of non-ortho nitro benzene ring substituents is 1. The number of carbonyl (C=O) groups is 1. The van der Waals surface area contributed by atoms with Gasteiger partial charge in [-0.2, -0.15) is 0 Å². The first-order valence-electron chi connectivity index (χ1n) is 6.27. The van der Waals surface area contributed by atoms with Crippen LogP contribution in [0.5, 0.6) is 0 Å². The minimum atomic E-state index is -0.518. The minimum absolute atomic E-state index is 0.0585. The molecule has 1 N–H and O–H groups in total. The van der Waals surface area contributed by atoms with Crippen LogP contribution >= 0.6 is 15.9 Å². The molecule has 0 aliphatic heterocycles. The highest BCUT2D eigenvalue weighted by molar-refractivity contribution is 9.10. The first-order chi connectivity index (χ1) is 10.4. The third-order valence-electron chi connectivity index (χ3n) is 2.85. The Hall–Kier alpha value is -2.48. The van der Waals surface area contributed by atoms with E-state index < -0.39 is 10.8 Å². The smallest absolute Gasteiger partial charge is 0.269 e. The third kappa shape index (κ3) is 3.79. The van der Waals surface area contributed by atoms with Gasteiger partial charge in [0, 0.05) is 24.0 Å². The molecule has 0 unspecified atom stereocenters. The van der Waals surface area contributed by atoms with Gasteiger partial charge in [0.25, 0.3) is 11.2 Å². The first-order valence-corrected chi connectivity index (χ1v) is 7.07. The molecule has 1 heterocycles. The summed E-state index contributed by atoms with van der Waals surface area (Å²) in [5, 5.41) is 13.1.